The van der Waals surface area contributed by atoms with Gasteiger partial charge < -0.3 is 9.80 Å². The van der Waals surface area contributed by atoms with E-state index in [0.29, 0.717) is 12.0 Å². The van der Waals surface area contributed by atoms with Crippen molar-refractivity contribution in [1.82, 2.24) is 0 Å². The number of likely N-dealkylation sites (N-methyl/N-ethyl adjacent to an activating group) is 1. The SMILES string of the molecule is Cc1ccc2c(c1)[C@H]1C[NH+](C)CC[C@H]1N2C(=O)C(C)C. The number of amides is 1. The van der Waals surface area contributed by atoms with Crippen LogP contribution in [0.4, 0.5) is 5.69 Å². The Bertz CT molecular complexity index is 538. The molecule has 1 aromatic carbocycles. The maximum absolute atomic E-state index is 12.6. The molecule has 3 atom stereocenters. The van der Waals surface area contributed by atoms with Crippen LogP contribution < -0.4 is 9.80 Å². The quantitative estimate of drug-likeness (QED) is 0.821. The Kier molecular flexibility index (Phi) is 3.33. The zero-order valence-electron chi connectivity index (χ0n) is 12.9. The molecule has 1 N–H and O–H groups in total. The molecule has 2 aliphatic rings. The number of nitrogens with zero attached hydrogens (tertiary/aromatic N) is 1. The molecule has 1 aromatic rings. The van der Waals surface area contributed by atoms with Crippen LogP contribution in [-0.2, 0) is 4.79 Å². The highest BCUT2D eigenvalue weighted by Crippen LogP contribution is 2.43. The largest absolute Gasteiger partial charge is 0.337 e. The number of fused-ring (bicyclic) bond motifs is 3. The fraction of sp³-hybridized carbons (Fsp3) is 0.588. The molecule has 0 radical (unpaired) electrons. The van der Waals surface area contributed by atoms with Gasteiger partial charge in [-0.05, 0) is 18.6 Å². The van der Waals surface area contributed by atoms with Crippen molar-refractivity contribution in [3.8, 4) is 0 Å². The lowest BCUT2D eigenvalue weighted by Gasteiger charge is -2.35. The second kappa shape index (κ2) is 4.88. The highest BCUT2D eigenvalue weighted by Gasteiger charge is 2.45. The summed E-state index contributed by atoms with van der Waals surface area (Å²) in [5.41, 5.74) is 3.85. The number of hydrogen-bond donors (Lipinski definition) is 1. The van der Waals surface area contributed by atoms with E-state index in [4.69, 9.17) is 0 Å². The van der Waals surface area contributed by atoms with Gasteiger partial charge in [0.2, 0.25) is 5.91 Å². The fourth-order valence-corrected chi connectivity index (χ4v) is 3.76. The van der Waals surface area contributed by atoms with Crippen LogP contribution in [0.3, 0.4) is 0 Å². The van der Waals surface area contributed by atoms with Crippen molar-refractivity contribution in [1.29, 1.82) is 0 Å². The van der Waals surface area contributed by atoms with Crippen LogP contribution in [0.15, 0.2) is 18.2 Å². The number of quaternary nitrogens is 1. The van der Waals surface area contributed by atoms with Crippen LogP contribution in [0.25, 0.3) is 0 Å². The maximum Gasteiger partial charge on any atom is 0.229 e. The van der Waals surface area contributed by atoms with Gasteiger partial charge in [-0.1, -0.05) is 31.5 Å². The fourth-order valence-electron chi connectivity index (χ4n) is 3.76. The smallest absolute Gasteiger partial charge is 0.229 e. The number of nitrogens with one attached hydrogen (secondary N) is 1. The molecule has 1 fully saturated rings. The van der Waals surface area contributed by atoms with Gasteiger partial charge in [0.05, 0.1) is 32.1 Å². The normalized spacial score (nSPS) is 28.4. The van der Waals surface area contributed by atoms with Crippen molar-refractivity contribution >= 4 is 11.6 Å². The van der Waals surface area contributed by atoms with E-state index < -0.39 is 0 Å². The number of aryl methyl sites for hydroxylation is 1. The molecule has 108 valence electrons. The summed E-state index contributed by atoms with van der Waals surface area (Å²) in [6.45, 7) is 8.45. The molecule has 1 saturated heterocycles. The number of benzene rings is 1. The molecule has 3 heteroatoms. The number of hydrogen-bond acceptors (Lipinski definition) is 1. The summed E-state index contributed by atoms with van der Waals surface area (Å²) in [5.74, 6) is 0.860. The predicted molar refractivity (Wildman–Crippen MR) is 81.3 cm³/mol. The molecule has 0 spiro atoms. The molecule has 0 saturated carbocycles. The molecule has 0 aromatic heterocycles. The Hall–Kier alpha value is -1.35. The number of rotatable bonds is 1. The molecular weight excluding hydrogens is 248 g/mol. The van der Waals surface area contributed by atoms with Crippen molar-refractivity contribution in [3.05, 3.63) is 29.3 Å². The summed E-state index contributed by atoms with van der Waals surface area (Å²) < 4.78 is 0. The lowest BCUT2D eigenvalue weighted by molar-refractivity contribution is -0.886. The number of anilines is 1. The van der Waals surface area contributed by atoms with Crippen molar-refractivity contribution in [2.75, 3.05) is 25.0 Å². The van der Waals surface area contributed by atoms with E-state index >= 15 is 0 Å². The van der Waals surface area contributed by atoms with E-state index in [-0.39, 0.29) is 11.8 Å². The summed E-state index contributed by atoms with van der Waals surface area (Å²) in [5, 5.41) is 0. The van der Waals surface area contributed by atoms with Crippen molar-refractivity contribution in [3.63, 3.8) is 0 Å². The van der Waals surface area contributed by atoms with Gasteiger partial charge in [-0.2, -0.15) is 0 Å². The Morgan fingerprint density at radius 1 is 1.40 bits per heavy atom. The van der Waals surface area contributed by atoms with Gasteiger partial charge in [-0.15, -0.1) is 0 Å². The zero-order valence-corrected chi connectivity index (χ0v) is 12.9. The monoisotopic (exact) mass is 273 g/mol. The first-order valence-corrected chi connectivity index (χ1v) is 7.74. The Labute approximate surface area is 121 Å². The summed E-state index contributed by atoms with van der Waals surface area (Å²) in [6, 6.07) is 6.95. The van der Waals surface area contributed by atoms with Crippen molar-refractivity contribution in [2.45, 2.75) is 39.2 Å². The van der Waals surface area contributed by atoms with Gasteiger partial charge in [0.1, 0.15) is 0 Å². The van der Waals surface area contributed by atoms with Crippen LogP contribution in [-0.4, -0.2) is 32.1 Å². The molecule has 3 nitrogen and oxygen atoms in total. The number of carbonyl (C=O) groups is 1. The average molecular weight is 273 g/mol. The Balaban J connectivity index is 2.06. The number of likely N-dealkylation sites (tertiary alicyclic amines) is 1. The molecule has 2 heterocycles. The van der Waals surface area contributed by atoms with Crippen LogP contribution in [0.5, 0.6) is 0 Å². The minimum absolute atomic E-state index is 0.0647. The van der Waals surface area contributed by atoms with Crippen molar-refractivity contribution in [2.24, 2.45) is 5.92 Å². The highest BCUT2D eigenvalue weighted by atomic mass is 16.2. The molecule has 2 aliphatic heterocycles. The molecule has 1 unspecified atom stereocenters. The predicted octanol–water partition coefficient (Wildman–Crippen LogP) is 1.37. The van der Waals surface area contributed by atoms with Gasteiger partial charge in [0, 0.05) is 18.0 Å². The average Bonchev–Trinajstić information content (AvgIpc) is 2.71. The third kappa shape index (κ3) is 2.05. The first-order valence-electron chi connectivity index (χ1n) is 7.74. The summed E-state index contributed by atoms with van der Waals surface area (Å²) >= 11 is 0. The third-order valence-corrected chi connectivity index (χ3v) is 4.80. The van der Waals surface area contributed by atoms with E-state index in [0.717, 1.165) is 19.5 Å². The molecule has 0 bridgehead atoms. The maximum atomic E-state index is 12.6. The van der Waals surface area contributed by atoms with Crippen LogP contribution in [0.2, 0.25) is 0 Å². The van der Waals surface area contributed by atoms with Crippen LogP contribution >= 0.6 is 0 Å². The summed E-state index contributed by atoms with van der Waals surface area (Å²) in [6.07, 6.45) is 1.11. The molecule has 20 heavy (non-hydrogen) atoms. The topological polar surface area (TPSA) is 24.8 Å². The van der Waals surface area contributed by atoms with Gasteiger partial charge in [0.25, 0.3) is 0 Å². The second-order valence-corrected chi connectivity index (χ2v) is 6.80. The number of carbonyl (C=O) groups excluding carboxylic acids is 1. The van der Waals surface area contributed by atoms with Gasteiger partial charge in [-0.3, -0.25) is 4.79 Å². The molecular formula is C17H25N2O+. The van der Waals surface area contributed by atoms with Gasteiger partial charge in [-0.25, -0.2) is 0 Å². The van der Waals surface area contributed by atoms with E-state index in [2.05, 4.69) is 37.1 Å². The minimum Gasteiger partial charge on any atom is -0.337 e. The van der Waals surface area contributed by atoms with E-state index in [1.807, 2.05) is 13.8 Å². The Morgan fingerprint density at radius 3 is 2.85 bits per heavy atom. The van der Waals surface area contributed by atoms with Gasteiger partial charge in [0.15, 0.2) is 0 Å². The van der Waals surface area contributed by atoms with Crippen LogP contribution in [0.1, 0.15) is 37.3 Å². The lowest BCUT2D eigenvalue weighted by Crippen LogP contribution is -3.11. The molecule has 3 rings (SSSR count). The lowest BCUT2D eigenvalue weighted by atomic mass is 9.88. The first-order chi connectivity index (χ1) is 9.49. The van der Waals surface area contributed by atoms with Crippen molar-refractivity contribution < 1.29 is 9.69 Å². The van der Waals surface area contributed by atoms with E-state index in [1.54, 1.807) is 4.90 Å². The van der Waals surface area contributed by atoms with Gasteiger partial charge >= 0.3 is 0 Å². The third-order valence-electron chi connectivity index (χ3n) is 4.80. The summed E-state index contributed by atoms with van der Waals surface area (Å²) in [4.78, 5) is 16.3. The molecule has 0 aliphatic carbocycles. The molecule has 1 amide bonds. The standard InChI is InChI=1S/C17H24N2O/c1-11(2)17(20)19-15-6-5-12(3)9-13(15)14-10-18(4)8-7-16(14)19/h5-6,9,11,14,16H,7-8,10H2,1-4H3/p+1/t14-,16-/m1/s1. The first kappa shape index (κ1) is 13.6. The highest BCUT2D eigenvalue weighted by molar-refractivity contribution is 5.98. The minimum atomic E-state index is 0.0647. The Morgan fingerprint density at radius 2 is 2.15 bits per heavy atom. The van der Waals surface area contributed by atoms with Crippen LogP contribution in [0, 0.1) is 12.8 Å². The van der Waals surface area contributed by atoms with E-state index in [1.165, 1.54) is 16.8 Å². The number of piperidine rings is 1. The second-order valence-electron chi connectivity index (χ2n) is 6.80. The summed E-state index contributed by atoms with van der Waals surface area (Å²) in [7, 11) is 2.26. The van der Waals surface area contributed by atoms with E-state index in [9.17, 15) is 4.79 Å². The zero-order chi connectivity index (χ0) is 14.4.